The monoisotopic (exact) mass is 284 g/mol. The molecule has 7 heteroatoms. The normalized spacial score (nSPS) is 25.9. The minimum atomic E-state index is -1.50. The fourth-order valence-electron chi connectivity index (χ4n) is 1.58. The Hall–Kier alpha value is -1.49. The summed E-state index contributed by atoms with van der Waals surface area (Å²) in [6, 6.07) is 9.11. The van der Waals surface area contributed by atoms with Crippen molar-refractivity contribution < 1.29 is 28.1 Å². The lowest BCUT2D eigenvalue weighted by Gasteiger charge is -2.11. The predicted molar refractivity (Wildman–Crippen MR) is 66.8 cm³/mol. The second-order valence-electron chi connectivity index (χ2n) is 3.69. The van der Waals surface area contributed by atoms with Gasteiger partial charge in [0.2, 0.25) is 8.38 Å². The first-order valence-electron chi connectivity index (χ1n) is 5.51. The molecule has 1 saturated heterocycles. The van der Waals surface area contributed by atoms with Crippen LogP contribution in [0, 0.1) is 0 Å². The molecule has 0 bridgehead atoms. The van der Waals surface area contributed by atoms with Crippen LogP contribution in [0.15, 0.2) is 30.3 Å². The third-order valence-corrected chi connectivity index (χ3v) is 4.08. The van der Waals surface area contributed by atoms with E-state index < -0.39 is 32.5 Å². The number of carbonyl (C=O) groups is 2. The average Bonchev–Trinajstić information content (AvgIpc) is 2.91. The summed E-state index contributed by atoms with van der Waals surface area (Å²) in [6.07, 6.45) is -2.19. The lowest BCUT2D eigenvalue weighted by atomic mass is 10.2. The first kappa shape index (κ1) is 13.9. The predicted octanol–water partition coefficient (Wildman–Crippen LogP) is 0.754. The summed E-state index contributed by atoms with van der Waals surface area (Å²) < 4.78 is 20.2. The molecule has 1 aromatic carbocycles. The highest BCUT2D eigenvalue weighted by Crippen LogP contribution is 2.48. The molecule has 1 fully saturated rings. The molecule has 0 aliphatic carbocycles. The van der Waals surface area contributed by atoms with Crippen molar-refractivity contribution in [3.8, 4) is 0 Å². The zero-order valence-electron chi connectivity index (χ0n) is 10.4. The minimum Gasteiger partial charge on any atom is -0.467 e. The van der Waals surface area contributed by atoms with Gasteiger partial charge >= 0.3 is 11.9 Å². The quantitative estimate of drug-likeness (QED) is 0.602. The van der Waals surface area contributed by atoms with Gasteiger partial charge in [0.1, 0.15) is 0 Å². The van der Waals surface area contributed by atoms with E-state index in [4.69, 9.17) is 9.05 Å². The van der Waals surface area contributed by atoms with Crippen LogP contribution in [0.2, 0.25) is 0 Å². The standard InChI is InChI=1S/C12H13O6P/c1-15-11(13)9-10(12(14)16-2)18-19(17-9)8-6-4-3-5-7-8/h3-7,9-10H,1-2H3. The van der Waals surface area contributed by atoms with Crippen molar-refractivity contribution in [3.63, 3.8) is 0 Å². The maximum absolute atomic E-state index is 11.6. The average molecular weight is 284 g/mol. The Labute approximate surface area is 111 Å². The van der Waals surface area contributed by atoms with E-state index in [-0.39, 0.29) is 0 Å². The highest BCUT2D eigenvalue weighted by Gasteiger charge is 2.47. The van der Waals surface area contributed by atoms with Crippen LogP contribution < -0.4 is 5.30 Å². The Bertz CT molecular complexity index is 439. The summed E-state index contributed by atoms with van der Waals surface area (Å²) in [5.41, 5.74) is 0. The number of esters is 2. The van der Waals surface area contributed by atoms with Gasteiger partial charge in [0.25, 0.3) is 0 Å². The van der Waals surface area contributed by atoms with E-state index in [2.05, 4.69) is 9.47 Å². The van der Waals surface area contributed by atoms with Gasteiger partial charge in [-0.05, 0) is 12.1 Å². The third-order valence-electron chi connectivity index (χ3n) is 2.53. The minimum absolute atomic E-state index is 0.656. The van der Waals surface area contributed by atoms with Crippen molar-refractivity contribution in [1.82, 2.24) is 0 Å². The smallest absolute Gasteiger partial charge is 0.338 e. The van der Waals surface area contributed by atoms with Gasteiger partial charge in [0.15, 0.2) is 12.2 Å². The topological polar surface area (TPSA) is 71.1 Å². The Kier molecular flexibility index (Phi) is 4.47. The summed E-state index contributed by atoms with van der Waals surface area (Å²) in [5.74, 6) is -1.31. The first-order valence-corrected chi connectivity index (χ1v) is 6.69. The molecule has 0 amide bonds. The Balaban J connectivity index is 2.20. The second-order valence-corrected chi connectivity index (χ2v) is 5.14. The number of benzene rings is 1. The van der Waals surface area contributed by atoms with Crippen LogP contribution in [0.25, 0.3) is 0 Å². The zero-order chi connectivity index (χ0) is 13.8. The number of ether oxygens (including phenoxy) is 2. The van der Waals surface area contributed by atoms with Crippen LogP contribution in [-0.2, 0) is 28.1 Å². The molecule has 1 aliphatic heterocycles. The molecular weight excluding hydrogens is 271 g/mol. The molecule has 19 heavy (non-hydrogen) atoms. The van der Waals surface area contributed by atoms with Crippen LogP contribution >= 0.6 is 8.38 Å². The van der Waals surface area contributed by atoms with E-state index in [1.165, 1.54) is 14.2 Å². The van der Waals surface area contributed by atoms with E-state index in [1.54, 1.807) is 12.1 Å². The highest BCUT2D eigenvalue weighted by atomic mass is 31.2. The zero-order valence-corrected chi connectivity index (χ0v) is 11.3. The number of hydrogen-bond donors (Lipinski definition) is 0. The fraction of sp³-hybridized carbons (Fsp3) is 0.333. The number of carbonyl (C=O) groups excluding carboxylic acids is 2. The van der Waals surface area contributed by atoms with Crippen LogP contribution in [0.5, 0.6) is 0 Å². The van der Waals surface area contributed by atoms with Gasteiger partial charge in [0.05, 0.1) is 14.2 Å². The number of hydrogen-bond acceptors (Lipinski definition) is 6. The van der Waals surface area contributed by atoms with Crippen LogP contribution in [0.4, 0.5) is 0 Å². The number of rotatable bonds is 3. The molecule has 0 aromatic heterocycles. The molecule has 2 unspecified atom stereocenters. The van der Waals surface area contributed by atoms with Gasteiger partial charge in [-0.1, -0.05) is 18.2 Å². The van der Waals surface area contributed by atoms with Crippen molar-refractivity contribution in [3.05, 3.63) is 30.3 Å². The molecule has 0 radical (unpaired) electrons. The molecule has 6 nitrogen and oxygen atoms in total. The molecule has 2 atom stereocenters. The molecule has 1 aromatic rings. The Morgan fingerprint density at radius 1 is 1.00 bits per heavy atom. The lowest BCUT2D eigenvalue weighted by Crippen LogP contribution is -2.38. The van der Waals surface area contributed by atoms with E-state index in [0.717, 1.165) is 5.30 Å². The summed E-state index contributed by atoms with van der Waals surface area (Å²) >= 11 is 0. The Morgan fingerprint density at radius 3 is 1.89 bits per heavy atom. The summed E-state index contributed by atoms with van der Waals surface area (Å²) in [4.78, 5) is 23.2. The van der Waals surface area contributed by atoms with E-state index >= 15 is 0 Å². The summed E-state index contributed by atoms with van der Waals surface area (Å²) in [7, 11) is 0.954. The van der Waals surface area contributed by atoms with Crippen molar-refractivity contribution in [1.29, 1.82) is 0 Å². The largest absolute Gasteiger partial charge is 0.467 e. The molecular formula is C12H13O6P. The van der Waals surface area contributed by atoms with E-state index in [1.807, 2.05) is 18.2 Å². The lowest BCUT2D eigenvalue weighted by molar-refractivity contribution is -0.160. The van der Waals surface area contributed by atoms with Gasteiger partial charge < -0.3 is 18.5 Å². The molecule has 102 valence electrons. The van der Waals surface area contributed by atoms with E-state index in [0.29, 0.717) is 0 Å². The van der Waals surface area contributed by atoms with Crippen molar-refractivity contribution in [2.75, 3.05) is 14.2 Å². The van der Waals surface area contributed by atoms with Crippen molar-refractivity contribution in [2.24, 2.45) is 0 Å². The molecule has 0 N–H and O–H groups in total. The van der Waals surface area contributed by atoms with Crippen molar-refractivity contribution in [2.45, 2.75) is 12.2 Å². The van der Waals surface area contributed by atoms with Gasteiger partial charge in [-0.3, -0.25) is 0 Å². The number of methoxy groups -OCH3 is 2. The first-order chi connectivity index (χ1) is 9.17. The summed E-state index contributed by atoms with van der Waals surface area (Å²) in [6.45, 7) is 0. The maximum atomic E-state index is 11.6. The van der Waals surface area contributed by atoms with Gasteiger partial charge in [-0.25, -0.2) is 9.59 Å². The molecule has 1 heterocycles. The molecule has 0 spiro atoms. The third kappa shape index (κ3) is 2.92. The van der Waals surface area contributed by atoms with Crippen LogP contribution in [-0.4, -0.2) is 38.4 Å². The summed E-state index contributed by atoms with van der Waals surface area (Å²) in [5, 5.41) is 0.776. The highest BCUT2D eigenvalue weighted by molar-refractivity contribution is 7.56. The fourth-order valence-corrected chi connectivity index (χ4v) is 3.09. The SMILES string of the molecule is COC(=O)C1OP(c2ccccc2)OC1C(=O)OC. The molecule has 0 saturated carbocycles. The molecule has 1 aliphatic rings. The van der Waals surface area contributed by atoms with Gasteiger partial charge in [-0.2, -0.15) is 0 Å². The van der Waals surface area contributed by atoms with Crippen LogP contribution in [0.1, 0.15) is 0 Å². The maximum Gasteiger partial charge on any atom is 0.338 e. The Morgan fingerprint density at radius 2 is 1.47 bits per heavy atom. The molecule has 2 rings (SSSR count). The van der Waals surface area contributed by atoms with Gasteiger partial charge in [0, 0.05) is 5.30 Å². The van der Waals surface area contributed by atoms with Crippen molar-refractivity contribution >= 4 is 25.6 Å². The van der Waals surface area contributed by atoms with E-state index in [9.17, 15) is 9.59 Å². The van der Waals surface area contributed by atoms with Gasteiger partial charge in [-0.15, -0.1) is 0 Å². The van der Waals surface area contributed by atoms with Crippen LogP contribution in [0.3, 0.4) is 0 Å². The second kappa shape index (κ2) is 6.10.